The number of nitrogens with zero attached hydrogens (tertiary/aromatic N) is 3. The van der Waals surface area contributed by atoms with E-state index in [1.807, 2.05) is 13.0 Å². The van der Waals surface area contributed by atoms with Gasteiger partial charge in [0.25, 0.3) is 0 Å². The Balaban J connectivity index is 0.000000454. The van der Waals surface area contributed by atoms with Crippen LogP contribution in [0, 0.1) is 29.6 Å². The fraction of sp³-hybridized carbons (Fsp3) is 0.429. The van der Waals surface area contributed by atoms with Crippen molar-refractivity contribution in [2.45, 2.75) is 44.4 Å². The minimum Gasteiger partial charge on any atom is -0.372 e. The van der Waals surface area contributed by atoms with E-state index in [4.69, 9.17) is 33.7 Å². The number of benzene rings is 1. The van der Waals surface area contributed by atoms with E-state index in [0.29, 0.717) is 17.9 Å². The van der Waals surface area contributed by atoms with Crippen LogP contribution in [0.15, 0.2) is 17.0 Å². The van der Waals surface area contributed by atoms with E-state index < -0.39 is 25.2 Å². The van der Waals surface area contributed by atoms with Crippen LogP contribution in [-0.4, -0.2) is 28.6 Å². The minimum atomic E-state index is -9.96. The van der Waals surface area contributed by atoms with E-state index in [-0.39, 0.29) is 47.2 Å². The molecule has 4 rings (SSSR count). The van der Waals surface area contributed by atoms with Crippen LogP contribution >= 0.6 is 33.4 Å². The fourth-order valence-corrected chi connectivity index (χ4v) is 4.45. The number of carbonyl (C=O) groups is 2. The quantitative estimate of drug-likeness (QED) is 0.271. The number of anilines is 1. The molecule has 1 aromatic carbocycles. The molecular formula is C21H25Cl2F5N6O2S. The third-order valence-electron chi connectivity index (χ3n) is 5.64. The lowest BCUT2D eigenvalue weighted by Gasteiger charge is -2.40. The molecule has 2 aliphatic rings. The van der Waals surface area contributed by atoms with Gasteiger partial charge in [-0.15, -0.1) is 0 Å². The molecule has 2 saturated carbocycles. The zero-order chi connectivity index (χ0) is 28.5. The maximum Gasteiger partial charge on any atom is 0.310 e. The lowest BCUT2D eigenvalue weighted by molar-refractivity contribution is -0.119. The van der Waals surface area contributed by atoms with Crippen molar-refractivity contribution < 1.29 is 29.0 Å². The summed E-state index contributed by atoms with van der Waals surface area (Å²) in [5, 5.41) is 15.1. The molecule has 206 valence electrons. The van der Waals surface area contributed by atoms with Crippen molar-refractivity contribution in [1.29, 1.82) is 5.26 Å². The largest absolute Gasteiger partial charge is 0.372 e. The molecule has 8 nitrogen and oxygen atoms in total. The topological polar surface area (TPSA) is 140 Å². The lowest BCUT2D eigenvalue weighted by Crippen LogP contribution is -2.16. The number of rotatable bonds is 6. The third kappa shape index (κ3) is 8.11. The molecular weight excluding hydrogens is 566 g/mol. The first-order chi connectivity index (χ1) is 16.8. The van der Waals surface area contributed by atoms with Crippen LogP contribution < -0.4 is 16.8 Å². The molecule has 0 radical (unpaired) electrons. The van der Waals surface area contributed by atoms with Gasteiger partial charge in [0.1, 0.15) is 22.5 Å². The van der Waals surface area contributed by atoms with Crippen LogP contribution in [0.4, 0.5) is 25.2 Å². The normalized spacial score (nSPS) is 17.4. The van der Waals surface area contributed by atoms with Crippen LogP contribution in [0.2, 0.25) is 10.0 Å². The summed E-state index contributed by atoms with van der Waals surface area (Å²) in [7, 11) is -9.96. The molecule has 2 fully saturated rings. The van der Waals surface area contributed by atoms with E-state index in [2.05, 4.69) is 16.1 Å². The van der Waals surface area contributed by atoms with Gasteiger partial charge in [0, 0.05) is 18.0 Å². The van der Waals surface area contributed by atoms with Crippen molar-refractivity contribution in [3.05, 3.63) is 33.4 Å². The minimum absolute atomic E-state index is 0.00683. The summed E-state index contributed by atoms with van der Waals surface area (Å²) in [4.78, 5) is 16.4. The molecule has 1 heterocycles. The predicted octanol–water partition coefficient (Wildman–Crippen LogP) is 6.21. The second-order valence-electron chi connectivity index (χ2n) is 9.03. The average molecular weight is 591 g/mol. The summed E-state index contributed by atoms with van der Waals surface area (Å²) < 4.78 is 66.6. The summed E-state index contributed by atoms with van der Waals surface area (Å²) in [6, 6.07) is 2.12. The Labute approximate surface area is 219 Å². The van der Waals surface area contributed by atoms with E-state index in [0.717, 1.165) is 30.4 Å². The van der Waals surface area contributed by atoms with Gasteiger partial charge in [-0.25, -0.2) is 4.68 Å². The van der Waals surface area contributed by atoms with Crippen LogP contribution in [0.25, 0.3) is 5.69 Å². The first-order valence-electron chi connectivity index (χ1n) is 10.7. The number of carbonyl (C=O) groups excluding carboxylic acids is 2. The van der Waals surface area contributed by atoms with Gasteiger partial charge in [0.05, 0.1) is 10.0 Å². The summed E-state index contributed by atoms with van der Waals surface area (Å²) in [5.41, 5.74) is 9.32. The van der Waals surface area contributed by atoms with Crippen molar-refractivity contribution in [3.63, 3.8) is 0 Å². The highest BCUT2D eigenvalue weighted by molar-refractivity contribution is 8.45. The summed E-state index contributed by atoms with van der Waals surface area (Å²) in [5.74, 6) is 0.425. The maximum atomic E-state index is 13.1. The smallest absolute Gasteiger partial charge is 0.310 e. The SMILES string of the molecule is Cc1c(C#N)nn(-c2c(Cl)cc(S(F)(F)(F)(F)F)cc2Cl)c1NCC1(C)CC1.NC(=O)C1CC1.NC=O. The van der Waals surface area contributed by atoms with Crippen molar-refractivity contribution >= 4 is 51.6 Å². The molecule has 2 amide bonds. The second kappa shape index (κ2) is 9.85. The van der Waals surface area contributed by atoms with Gasteiger partial charge in [-0.05, 0) is 50.2 Å². The van der Waals surface area contributed by atoms with Crippen molar-refractivity contribution in [2.75, 3.05) is 11.9 Å². The van der Waals surface area contributed by atoms with Crippen molar-refractivity contribution in [1.82, 2.24) is 9.78 Å². The van der Waals surface area contributed by atoms with Crippen LogP contribution in [0.3, 0.4) is 0 Å². The number of hydrogen-bond acceptors (Lipinski definition) is 5. The number of hydrogen-bond donors (Lipinski definition) is 3. The van der Waals surface area contributed by atoms with Crippen LogP contribution in [0.5, 0.6) is 0 Å². The van der Waals surface area contributed by atoms with Gasteiger partial charge in [-0.3, -0.25) is 9.59 Å². The van der Waals surface area contributed by atoms with Gasteiger partial charge >= 0.3 is 10.2 Å². The Morgan fingerprint density at radius 1 is 1.27 bits per heavy atom. The number of aromatic nitrogens is 2. The molecule has 37 heavy (non-hydrogen) atoms. The molecule has 0 aliphatic heterocycles. The Morgan fingerprint density at radius 3 is 2.08 bits per heavy atom. The Kier molecular flexibility index (Phi) is 8.11. The van der Waals surface area contributed by atoms with Crippen LogP contribution in [0.1, 0.15) is 43.9 Å². The average Bonchev–Trinajstić information content (AvgIpc) is 3.67. The van der Waals surface area contributed by atoms with Gasteiger partial charge in [-0.2, -0.15) is 10.4 Å². The third-order valence-corrected chi connectivity index (χ3v) is 7.34. The maximum absolute atomic E-state index is 13.1. The molecule has 0 spiro atoms. The van der Waals surface area contributed by atoms with Gasteiger partial charge in [0.15, 0.2) is 5.69 Å². The molecule has 0 atom stereocenters. The van der Waals surface area contributed by atoms with Crippen molar-refractivity contribution in [2.24, 2.45) is 22.8 Å². The van der Waals surface area contributed by atoms with Gasteiger partial charge in [-0.1, -0.05) is 49.6 Å². The van der Waals surface area contributed by atoms with E-state index in [9.17, 15) is 29.5 Å². The van der Waals surface area contributed by atoms with E-state index >= 15 is 0 Å². The Morgan fingerprint density at radius 2 is 1.76 bits per heavy atom. The highest BCUT2D eigenvalue weighted by atomic mass is 35.5. The molecule has 0 saturated heterocycles. The molecule has 16 heteroatoms. The molecule has 5 N–H and O–H groups in total. The number of nitrogens with one attached hydrogen (secondary N) is 1. The summed E-state index contributed by atoms with van der Waals surface area (Å²) >= 11 is 11.8. The molecule has 1 aromatic heterocycles. The monoisotopic (exact) mass is 590 g/mol. The number of amides is 2. The Bertz CT molecular complexity index is 1230. The van der Waals surface area contributed by atoms with Gasteiger partial charge < -0.3 is 16.8 Å². The predicted molar refractivity (Wildman–Crippen MR) is 132 cm³/mol. The first kappa shape index (κ1) is 30.5. The zero-order valence-electron chi connectivity index (χ0n) is 19.7. The highest BCUT2D eigenvalue weighted by Gasteiger charge is 2.65. The summed E-state index contributed by atoms with van der Waals surface area (Å²) in [6.07, 6.45) is 4.29. The number of nitrogens with two attached hydrogens (primary N) is 2. The zero-order valence-corrected chi connectivity index (χ0v) is 22.0. The molecule has 2 aromatic rings. The van der Waals surface area contributed by atoms with Gasteiger partial charge in [0.2, 0.25) is 12.3 Å². The van der Waals surface area contributed by atoms with E-state index in [1.165, 1.54) is 0 Å². The van der Waals surface area contributed by atoms with Crippen LogP contribution in [-0.2, 0) is 9.59 Å². The number of halogens is 7. The summed E-state index contributed by atoms with van der Waals surface area (Å²) in [6.45, 7) is 4.18. The second-order valence-corrected chi connectivity index (χ2v) is 12.3. The number of nitriles is 1. The lowest BCUT2D eigenvalue weighted by atomic mass is 10.1. The molecule has 0 bridgehead atoms. The van der Waals surface area contributed by atoms with Crippen molar-refractivity contribution in [3.8, 4) is 11.8 Å². The standard InChI is InChI=1S/C16H15Cl2F5N4S.C4H7NO.CH3NO/c1-9-13(7-24)26-27(15(9)25-8-16(2)3-4-16)14-11(17)5-10(6-12(14)18)28(19,20,21,22)23;5-4(6)3-1-2-3;2-1-3/h5-6,25H,3-4,8H2,1-2H3;3H,1-2H2,(H2,5,6);1H,(H2,2,3). The molecule has 0 unspecified atom stereocenters. The number of primary amides is 2. The first-order valence-corrected chi connectivity index (χ1v) is 13.4. The molecule has 2 aliphatic carbocycles. The fourth-order valence-electron chi connectivity index (χ4n) is 2.99. The highest BCUT2D eigenvalue weighted by Crippen LogP contribution is 3.02. The Hall–Kier alpha value is -2.76. The van der Waals surface area contributed by atoms with E-state index in [1.54, 1.807) is 6.92 Å².